The molecule has 1 saturated heterocycles. The smallest absolute Gasteiger partial charge is 0.416 e. The first-order chi connectivity index (χ1) is 13.8. The van der Waals surface area contributed by atoms with Gasteiger partial charge in [-0.25, -0.2) is 9.78 Å². The Labute approximate surface area is 163 Å². The van der Waals surface area contributed by atoms with Gasteiger partial charge in [-0.05, 0) is 24.3 Å². The number of fused-ring (bicyclic) bond motifs is 1. The average Bonchev–Trinajstić information content (AvgIpc) is 3.11. The van der Waals surface area contributed by atoms with Gasteiger partial charge in [-0.2, -0.15) is 13.2 Å². The molecule has 1 amide bonds. The molecule has 29 heavy (non-hydrogen) atoms. The summed E-state index contributed by atoms with van der Waals surface area (Å²) in [6.07, 6.45) is -4.08. The van der Waals surface area contributed by atoms with Crippen LogP contribution in [0, 0.1) is 0 Å². The van der Waals surface area contributed by atoms with E-state index in [0.717, 1.165) is 12.1 Å². The SMILES string of the molecule is O=C(NC1CCOC1=O)c1cccc2ccc(-c3cccc(C(F)(F)F)c3)nc12. The minimum absolute atomic E-state index is 0.232. The average molecular weight is 400 g/mol. The Morgan fingerprint density at radius 1 is 1.10 bits per heavy atom. The van der Waals surface area contributed by atoms with Crippen molar-refractivity contribution in [3.05, 3.63) is 65.7 Å². The summed E-state index contributed by atoms with van der Waals surface area (Å²) in [5.74, 6) is -0.982. The fourth-order valence-corrected chi connectivity index (χ4v) is 3.21. The van der Waals surface area contributed by atoms with Crippen LogP contribution in [0.1, 0.15) is 22.3 Å². The molecule has 1 aliphatic heterocycles. The van der Waals surface area contributed by atoms with Crippen LogP contribution in [0.2, 0.25) is 0 Å². The van der Waals surface area contributed by atoms with Crippen LogP contribution in [0.4, 0.5) is 13.2 Å². The maximum absolute atomic E-state index is 13.0. The molecule has 1 aromatic heterocycles. The van der Waals surface area contributed by atoms with E-state index >= 15 is 0 Å². The fourth-order valence-electron chi connectivity index (χ4n) is 3.21. The molecule has 0 spiro atoms. The highest BCUT2D eigenvalue weighted by molar-refractivity contribution is 6.07. The lowest BCUT2D eigenvalue weighted by atomic mass is 10.0. The van der Waals surface area contributed by atoms with Gasteiger partial charge >= 0.3 is 12.1 Å². The Balaban J connectivity index is 1.73. The van der Waals surface area contributed by atoms with E-state index in [4.69, 9.17) is 4.74 Å². The molecular formula is C21H15F3N2O3. The van der Waals surface area contributed by atoms with Crippen LogP contribution in [0.5, 0.6) is 0 Å². The second-order valence-corrected chi connectivity index (χ2v) is 6.63. The summed E-state index contributed by atoms with van der Waals surface area (Å²) in [5, 5.41) is 3.28. The number of rotatable bonds is 3. The van der Waals surface area contributed by atoms with Crippen molar-refractivity contribution < 1.29 is 27.5 Å². The number of amides is 1. The third-order valence-electron chi connectivity index (χ3n) is 4.69. The summed E-state index contributed by atoms with van der Waals surface area (Å²) < 4.78 is 43.9. The molecule has 8 heteroatoms. The number of hydrogen-bond acceptors (Lipinski definition) is 4. The molecule has 0 bridgehead atoms. The van der Waals surface area contributed by atoms with Crippen molar-refractivity contribution in [1.29, 1.82) is 0 Å². The molecule has 148 valence electrons. The first kappa shape index (κ1) is 18.9. The molecule has 5 nitrogen and oxygen atoms in total. The molecule has 1 N–H and O–H groups in total. The Bertz CT molecular complexity index is 1110. The lowest BCUT2D eigenvalue weighted by Gasteiger charge is -2.12. The Hall–Kier alpha value is -3.42. The van der Waals surface area contributed by atoms with Gasteiger partial charge in [-0.15, -0.1) is 0 Å². The number of para-hydroxylation sites is 1. The number of nitrogens with zero attached hydrogens (tertiary/aromatic N) is 1. The number of pyridine rings is 1. The van der Waals surface area contributed by atoms with Gasteiger partial charge in [0, 0.05) is 17.4 Å². The van der Waals surface area contributed by atoms with Crippen LogP contribution in [-0.4, -0.2) is 29.5 Å². The third-order valence-corrected chi connectivity index (χ3v) is 4.69. The van der Waals surface area contributed by atoms with Crippen LogP contribution in [0.3, 0.4) is 0 Å². The molecule has 1 unspecified atom stereocenters. The lowest BCUT2D eigenvalue weighted by Crippen LogP contribution is -2.38. The van der Waals surface area contributed by atoms with Crippen LogP contribution in [0.25, 0.3) is 22.2 Å². The molecular weight excluding hydrogens is 385 g/mol. The maximum atomic E-state index is 13.0. The monoisotopic (exact) mass is 400 g/mol. The third kappa shape index (κ3) is 3.78. The molecule has 3 aromatic rings. The maximum Gasteiger partial charge on any atom is 0.416 e. The number of carbonyl (C=O) groups is 2. The van der Waals surface area contributed by atoms with Crippen molar-refractivity contribution in [2.24, 2.45) is 0 Å². The molecule has 1 aliphatic rings. The molecule has 1 atom stereocenters. The first-order valence-electron chi connectivity index (χ1n) is 8.88. The number of halogens is 3. The zero-order chi connectivity index (χ0) is 20.6. The number of alkyl halides is 3. The molecule has 0 aliphatic carbocycles. The number of aromatic nitrogens is 1. The van der Waals surface area contributed by atoms with E-state index in [1.165, 1.54) is 12.1 Å². The zero-order valence-corrected chi connectivity index (χ0v) is 15.0. The second kappa shape index (κ2) is 7.20. The summed E-state index contributed by atoms with van der Waals surface area (Å²) in [6.45, 7) is 0.247. The van der Waals surface area contributed by atoms with Crippen LogP contribution in [0.15, 0.2) is 54.6 Å². The molecule has 0 radical (unpaired) electrons. The predicted octanol–water partition coefficient (Wildman–Crippen LogP) is 3.97. The molecule has 1 fully saturated rings. The summed E-state index contributed by atoms with van der Waals surface area (Å²) >= 11 is 0. The highest BCUT2D eigenvalue weighted by Gasteiger charge is 2.31. The standard InChI is InChI=1S/C21H15F3N2O3/c22-21(23,24)14-5-1-4-13(11-14)16-8-7-12-3-2-6-15(18(12)25-16)19(27)26-17-9-10-29-20(17)28/h1-8,11,17H,9-10H2,(H,26,27). The Morgan fingerprint density at radius 3 is 2.62 bits per heavy atom. The van der Waals surface area contributed by atoms with Gasteiger partial charge in [-0.1, -0.05) is 30.3 Å². The van der Waals surface area contributed by atoms with Crippen molar-refractivity contribution in [3.8, 4) is 11.3 Å². The van der Waals surface area contributed by atoms with Gasteiger partial charge in [0.25, 0.3) is 5.91 Å². The Morgan fingerprint density at radius 2 is 1.90 bits per heavy atom. The van der Waals surface area contributed by atoms with Gasteiger partial charge in [0.1, 0.15) is 6.04 Å². The van der Waals surface area contributed by atoms with E-state index in [9.17, 15) is 22.8 Å². The minimum atomic E-state index is -4.46. The molecule has 2 aromatic carbocycles. The fraction of sp³-hybridized carbons (Fsp3) is 0.190. The molecule has 4 rings (SSSR count). The summed E-state index contributed by atoms with van der Waals surface area (Å²) in [7, 11) is 0. The van der Waals surface area contributed by atoms with E-state index < -0.39 is 29.7 Å². The van der Waals surface area contributed by atoms with Gasteiger partial charge in [0.15, 0.2) is 0 Å². The highest BCUT2D eigenvalue weighted by Crippen LogP contribution is 2.32. The topological polar surface area (TPSA) is 68.3 Å². The van der Waals surface area contributed by atoms with E-state index in [0.29, 0.717) is 23.0 Å². The van der Waals surface area contributed by atoms with Gasteiger partial charge in [0.05, 0.1) is 28.9 Å². The molecule has 0 saturated carbocycles. The van der Waals surface area contributed by atoms with Crippen molar-refractivity contribution in [2.75, 3.05) is 6.61 Å². The van der Waals surface area contributed by atoms with Gasteiger partial charge in [0.2, 0.25) is 0 Å². The number of cyclic esters (lactones) is 1. The van der Waals surface area contributed by atoms with Crippen LogP contribution in [-0.2, 0) is 15.7 Å². The number of hydrogen-bond donors (Lipinski definition) is 1. The second-order valence-electron chi connectivity index (χ2n) is 6.63. The predicted molar refractivity (Wildman–Crippen MR) is 99.0 cm³/mol. The highest BCUT2D eigenvalue weighted by atomic mass is 19.4. The number of carbonyl (C=O) groups excluding carboxylic acids is 2. The summed E-state index contributed by atoms with van der Waals surface area (Å²) in [6, 6.07) is 12.4. The number of benzene rings is 2. The van der Waals surface area contributed by atoms with Gasteiger partial charge in [-0.3, -0.25) is 4.79 Å². The van der Waals surface area contributed by atoms with Crippen molar-refractivity contribution in [1.82, 2.24) is 10.3 Å². The normalized spacial score (nSPS) is 16.7. The lowest BCUT2D eigenvalue weighted by molar-refractivity contribution is -0.139. The van der Waals surface area contributed by atoms with Crippen LogP contribution >= 0.6 is 0 Å². The van der Waals surface area contributed by atoms with Crippen molar-refractivity contribution >= 4 is 22.8 Å². The summed E-state index contributed by atoms with van der Waals surface area (Å²) in [5.41, 5.74) is 0.394. The quantitative estimate of drug-likeness (QED) is 0.676. The minimum Gasteiger partial charge on any atom is -0.464 e. The number of ether oxygens (including phenoxy) is 1. The van der Waals surface area contributed by atoms with E-state index in [1.807, 2.05) is 0 Å². The van der Waals surface area contributed by atoms with E-state index in [-0.39, 0.29) is 17.7 Å². The van der Waals surface area contributed by atoms with E-state index in [2.05, 4.69) is 10.3 Å². The van der Waals surface area contributed by atoms with Crippen molar-refractivity contribution in [2.45, 2.75) is 18.6 Å². The van der Waals surface area contributed by atoms with Crippen LogP contribution < -0.4 is 5.32 Å². The molecule has 2 heterocycles. The Kier molecular flexibility index (Phi) is 4.70. The largest absolute Gasteiger partial charge is 0.464 e. The number of esters is 1. The van der Waals surface area contributed by atoms with Gasteiger partial charge < -0.3 is 10.1 Å². The summed E-state index contributed by atoms with van der Waals surface area (Å²) in [4.78, 5) is 28.7. The van der Waals surface area contributed by atoms with E-state index in [1.54, 1.807) is 30.3 Å². The number of nitrogens with one attached hydrogen (secondary N) is 1. The first-order valence-corrected chi connectivity index (χ1v) is 8.88. The van der Waals surface area contributed by atoms with Crippen molar-refractivity contribution in [3.63, 3.8) is 0 Å². The zero-order valence-electron chi connectivity index (χ0n) is 15.0.